The van der Waals surface area contributed by atoms with E-state index in [2.05, 4.69) is 39.9 Å². The van der Waals surface area contributed by atoms with Crippen LogP contribution in [0, 0.1) is 0 Å². The number of hydrogen-bond acceptors (Lipinski definition) is 3. The van der Waals surface area contributed by atoms with Crippen molar-refractivity contribution in [3.8, 4) is 0 Å². The topological polar surface area (TPSA) is 54.0 Å². The molecule has 4 aromatic rings. The Hall–Kier alpha value is -3.66. The highest BCUT2D eigenvalue weighted by Crippen LogP contribution is 2.28. The molecule has 0 aliphatic rings. The first-order valence-electron chi connectivity index (χ1n) is 8.82. The van der Waals surface area contributed by atoms with E-state index < -0.39 is 0 Å². The van der Waals surface area contributed by atoms with Gasteiger partial charge in [0, 0.05) is 35.9 Å². The van der Waals surface area contributed by atoms with Crippen LogP contribution in [0.5, 0.6) is 0 Å². The van der Waals surface area contributed by atoms with Crippen molar-refractivity contribution in [2.24, 2.45) is 0 Å². The first kappa shape index (κ1) is 16.8. The lowest BCUT2D eigenvalue weighted by molar-refractivity contribution is 0.0951. The van der Waals surface area contributed by atoms with Crippen LogP contribution in [0.1, 0.15) is 15.9 Å². The molecule has 0 unspecified atom stereocenters. The molecule has 4 nitrogen and oxygen atoms in total. The molecular weight excluding hydrogens is 334 g/mol. The van der Waals surface area contributed by atoms with Crippen molar-refractivity contribution < 1.29 is 4.79 Å². The molecule has 2 N–H and O–H groups in total. The van der Waals surface area contributed by atoms with E-state index in [1.165, 1.54) is 0 Å². The molecule has 1 amide bonds. The van der Waals surface area contributed by atoms with Gasteiger partial charge in [0.1, 0.15) is 0 Å². The highest BCUT2D eigenvalue weighted by atomic mass is 16.1. The fourth-order valence-electron chi connectivity index (χ4n) is 3.09. The Morgan fingerprint density at radius 3 is 2.48 bits per heavy atom. The first-order chi connectivity index (χ1) is 13.3. The van der Waals surface area contributed by atoms with Gasteiger partial charge < -0.3 is 10.6 Å². The van der Waals surface area contributed by atoms with Crippen LogP contribution in [0.3, 0.4) is 0 Å². The van der Waals surface area contributed by atoms with E-state index in [9.17, 15) is 4.79 Å². The Balaban J connectivity index is 1.66. The van der Waals surface area contributed by atoms with Gasteiger partial charge in [0.05, 0.1) is 5.56 Å². The Morgan fingerprint density at radius 1 is 0.852 bits per heavy atom. The quantitative estimate of drug-likeness (QED) is 0.536. The molecule has 1 aromatic heterocycles. The van der Waals surface area contributed by atoms with Crippen LogP contribution in [0.2, 0.25) is 0 Å². The summed E-state index contributed by atoms with van der Waals surface area (Å²) in [5, 5.41) is 8.74. The van der Waals surface area contributed by atoms with E-state index in [0.717, 1.165) is 27.7 Å². The summed E-state index contributed by atoms with van der Waals surface area (Å²) in [5.74, 6) is -0.137. The summed E-state index contributed by atoms with van der Waals surface area (Å²) >= 11 is 0. The van der Waals surface area contributed by atoms with Gasteiger partial charge in [0.25, 0.3) is 5.91 Å². The number of carbonyl (C=O) groups is 1. The summed E-state index contributed by atoms with van der Waals surface area (Å²) in [7, 11) is 0. The highest BCUT2D eigenvalue weighted by Gasteiger charge is 2.11. The lowest BCUT2D eigenvalue weighted by Crippen LogP contribution is -2.23. The van der Waals surface area contributed by atoms with Crippen molar-refractivity contribution in [1.29, 1.82) is 0 Å². The number of carbonyl (C=O) groups excluding carboxylic acids is 1. The molecule has 0 spiro atoms. The smallest absolute Gasteiger partial charge is 0.253 e. The van der Waals surface area contributed by atoms with Crippen LogP contribution in [-0.2, 0) is 6.54 Å². The second-order valence-electron chi connectivity index (χ2n) is 6.23. The summed E-state index contributed by atoms with van der Waals surface area (Å²) in [6.07, 6.45) is 3.23. The first-order valence-corrected chi connectivity index (χ1v) is 8.82. The van der Waals surface area contributed by atoms with Gasteiger partial charge in [-0.25, -0.2) is 0 Å². The zero-order valence-corrected chi connectivity index (χ0v) is 14.7. The van der Waals surface area contributed by atoms with Crippen molar-refractivity contribution in [1.82, 2.24) is 10.3 Å². The molecule has 132 valence electrons. The maximum absolute atomic E-state index is 12.5. The molecule has 0 bridgehead atoms. The molecule has 0 radical (unpaired) electrons. The van der Waals surface area contributed by atoms with Crippen LogP contribution >= 0.6 is 0 Å². The molecular formula is C23H19N3O. The van der Waals surface area contributed by atoms with E-state index in [1.54, 1.807) is 24.5 Å². The second-order valence-corrected chi connectivity index (χ2v) is 6.23. The number of benzene rings is 3. The zero-order valence-electron chi connectivity index (χ0n) is 14.7. The number of amides is 1. The summed E-state index contributed by atoms with van der Waals surface area (Å²) < 4.78 is 0. The van der Waals surface area contributed by atoms with Gasteiger partial charge in [-0.15, -0.1) is 0 Å². The molecule has 0 atom stereocenters. The molecule has 0 aliphatic carbocycles. The second kappa shape index (κ2) is 7.70. The summed E-state index contributed by atoms with van der Waals surface area (Å²) in [6.45, 7) is 0.421. The van der Waals surface area contributed by atoms with Gasteiger partial charge in [0.2, 0.25) is 0 Å². The van der Waals surface area contributed by atoms with Crippen LogP contribution in [0.25, 0.3) is 10.8 Å². The Kier molecular flexibility index (Phi) is 4.79. The van der Waals surface area contributed by atoms with Crippen molar-refractivity contribution in [2.45, 2.75) is 6.54 Å². The fraction of sp³-hybridized carbons (Fsp3) is 0.0435. The molecule has 27 heavy (non-hydrogen) atoms. The van der Waals surface area contributed by atoms with E-state index in [1.807, 2.05) is 42.5 Å². The molecule has 4 heteroatoms. The zero-order chi connectivity index (χ0) is 18.5. The predicted octanol–water partition coefficient (Wildman–Crippen LogP) is 4.91. The molecule has 0 fully saturated rings. The van der Waals surface area contributed by atoms with Crippen LogP contribution < -0.4 is 10.6 Å². The predicted molar refractivity (Wildman–Crippen MR) is 109 cm³/mol. The molecule has 0 aliphatic heterocycles. The summed E-state index contributed by atoms with van der Waals surface area (Å²) in [5.41, 5.74) is 3.59. The average molecular weight is 353 g/mol. The number of fused-ring (bicyclic) bond motifs is 1. The third-order valence-electron chi connectivity index (χ3n) is 4.44. The molecule has 3 aromatic carbocycles. The Labute approximate surface area is 157 Å². The molecule has 0 saturated heterocycles. The number of hydrogen-bond donors (Lipinski definition) is 2. The minimum absolute atomic E-state index is 0.137. The number of pyridine rings is 1. The standard InChI is InChI=1S/C23H19N3O/c27-23(18-8-6-14-24-15-18)25-16-21-20-11-5-4-7-17(20)12-13-22(21)26-19-9-2-1-3-10-19/h1-15,26H,16H2,(H,25,27). The van der Waals surface area contributed by atoms with Gasteiger partial charge in [-0.3, -0.25) is 9.78 Å². The van der Waals surface area contributed by atoms with E-state index in [0.29, 0.717) is 12.1 Å². The number of aromatic nitrogens is 1. The van der Waals surface area contributed by atoms with Gasteiger partial charge in [-0.05, 0) is 41.1 Å². The molecule has 0 saturated carbocycles. The third-order valence-corrected chi connectivity index (χ3v) is 4.44. The third kappa shape index (κ3) is 3.80. The molecule has 4 rings (SSSR count). The maximum atomic E-state index is 12.5. The van der Waals surface area contributed by atoms with Crippen molar-refractivity contribution in [2.75, 3.05) is 5.32 Å². The SMILES string of the molecule is O=C(NCc1c(Nc2ccccc2)ccc2ccccc12)c1cccnc1. The fourth-order valence-corrected chi connectivity index (χ4v) is 3.09. The van der Waals surface area contributed by atoms with E-state index in [-0.39, 0.29) is 5.91 Å². The van der Waals surface area contributed by atoms with Gasteiger partial charge in [-0.1, -0.05) is 48.5 Å². The van der Waals surface area contributed by atoms with Crippen molar-refractivity contribution in [3.05, 3.63) is 102 Å². The highest BCUT2D eigenvalue weighted by molar-refractivity contribution is 5.95. The summed E-state index contributed by atoms with van der Waals surface area (Å²) in [6, 6.07) is 25.9. The number of para-hydroxylation sites is 1. The Bertz CT molecular complexity index is 1060. The lowest BCUT2D eigenvalue weighted by atomic mass is 10.0. The monoisotopic (exact) mass is 353 g/mol. The largest absolute Gasteiger partial charge is 0.355 e. The minimum Gasteiger partial charge on any atom is -0.355 e. The number of nitrogens with one attached hydrogen (secondary N) is 2. The lowest BCUT2D eigenvalue weighted by Gasteiger charge is -2.16. The van der Waals surface area contributed by atoms with Gasteiger partial charge >= 0.3 is 0 Å². The minimum atomic E-state index is -0.137. The normalized spacial score (nSPS) is 10.5. The van der Waals surface area contributed by atoms with Crippen LogP contribution in [0.15, 0.2) is 91.3 Å². The van der Waals surface area contributed by atoms with Gasteiger partial charge in [-0.2, -0.15) is 0 Å². The number of rotatable bonds is 5. The number of nitrogens with zero attached hydrogens (tertiary/aromatic N) is 1. The molecule has 1 heterocycles. The average Bonchev–Trinajstić information content (AvgIpc) is 2.74. The van der Waals surface area contributed by atoms with Crippen molar-refractivity contribution >= 4 is 28.1 Å². The maximum Gasteiger partial charge on any atom is 0.253 e. The van der Waals surface area contributed by atoms with Crippen molar-refractivity contribution in [3.63, 3.8) is 0 Å². The number of anilines is 2. The van der Waals surface area contributed by atoms with Crippen LogP contribution in [-0.4, -0.2) is 10.9 Å². The summed E-state index contributed by atoms with van der Waals surface area (Å²) in [4.78, 5) is 16.5. The van der Waals surface area contributed by atoms with Crippen LogP contribution in [0.4, 0.5) is 11.4 Å². The van der Waals surface area contributed by atoms with Gasteiger partial charge in [0.15, 0.2) is 0 Å². The van der Waals surface area contributed by atoms with E-state index >= 15 is 0 Å². The Morgan fingerprint density at radius 2 is 1.67 bits per heavy atom. The van der Waals surface area contributed by atoms with E-state index in [4.69, 9.17) is 0 Å².